The van der Waals surface area contributed by atoms with E-state index < -0.39 is 0 Å². The molecule has 0 radical (unpaired) electrons. The summed E-state index contributed by atoms with van der Waals surface area (Å²) in [6.07, 6.45) is 2.97. The maximum absolute atomic E-state index is 5.30. The number of aromatic nitrogens is 2. The van der Waals surface area contributed by atoms with Crippen LogP contribution in [0.1, 0.15) is 0 Å². The lowest BCUT2D eigenvalue weighted by molar-refractivity contribution is 0.568. The van der Waals surface area contributed by atoms with Crippen LogP contribution in [0.3, 0.4) is 0 Å². The normalized spacial score (nSPS) is 10.5. The molecular weight excluding hydrogens is 204 g/mol. The van der Waals surface area contributed by atoms with Crippen molar-refractivity contribution in [1.29, 1.82) is 0 Å². The van der Waals surface area contributed by atoms with Crippen LogP contribution in [0.2, 0.25) is 0 Å². The first kappa shape index (κ1) is 8.91. The van der Waals surface area contributed by atoms with Gasteiger partial charge in [0.2, 0.25) is 12.3 Å². The van der Waals surface area contributed by atoms with Gasteiger partial charge >= 0.3 is 0 Å². The first-order chi connectivity index (χ1) is 7.93. The molecule has 2 aromatic heterocycles. The Hall–Kier alpha value is -2.36. The standard InChI is InChI=1S/C12H8N2O2/c1-2-11(15-7-1)9-3-5-10(6-4-9)12-14-13-8-16-12/h1-8H. The number of furan rings is 1. The highest BCUT2D eigenvalue weighted by Crippen LogP contribution is 2.23. The van der Waals surface area contributed by atoms with Gasteiger partial charge in [-0.3, -0.25) is 0 Å². The molecule has 0 amide bonds. The van der Waals surface area contributed by atoms with Crippen LogP contribution in [0.15, 0.2) is 57.9 Å². The monoisotopic (exact) mass is 212 g/mol. The molecule has 0 aliphatic heterocycles. The van der Waals surface area contributed by atoms with Crippen LogP contribution >= 0.6 is 0 Å². The predicted octanol–water partition coefficient (Wildman–Crippen LogP) is 3.00. The Morgan fingerprint density at radius 2 is 1.69 bits per heavy atom. The van der Waals surface area contributed by atoms with Gasteiger partial charge in [0, 0.05) is 11.1 Å². The minimum Gasteiger partial charge on any atom is -0.464 e. The second kappa shape index (κ2) is 3.66. The van der Waals surface area contributed by atoms with Gasteiger partial charge in [-0.25, -0.2) is 0 Å². The maximum Gasteiger partial charge on any atom is 0.247 e. The van der Waals surface area contributed by atoms with E-state index in [2.05, 4.69) is 10.2 Å². The maximum atomic E-state index is 5.30. The Bertz CT molecular complexity index is 500. The second-order valence-corrected chi connectivity index (χ2v) is 3.30. The summed E-state index contributed by atoms with van der Waals surface area (Å²) in [4.78, 5) is 0. The zero-order valence-electron chi connectivity index (χ0n) is 8.33. The third-order valence-corrected chi connectivity index (χ3v) is 2.30. The highest BCUT2D eigenvalue weighted by molar-refractivity contribution is 5.63. The van der Waals surface area contributed by atoms with E-state index in [4.69, 9.17) is 8.83 Å². The number of nitrogens with zero attached hydrogens (tertiary/aromatic N) is 2. The summed E-state index contributed by atoms with van der Waals surface area (Å²) in [6, 6.07) is 11.5. The van der Waals surface area contributed by atoms with E-state index in [-0.39, 0.29) is 0 Å². The van der Waals surface area contributed by atoms with E-state index in [9.17, 15) is 0 Å². The number of hydrogen-bond acceptors (Lipinski definition) is 4. The Kier molecular flexibility index (Phi) is 2.04. The van der Waals surface area contributed by atoms with Crippen molar-refractivity contribution in [2.24, 2.45) is 0 Å². The average molecular weight is 212 g/mol. The third-order valence-electron chi connectivity index (χ3n) is 2.30. The van der Waals surface area contributed by atoms with Crippen molar-refractivity contribution >= 4 is 0 Å². The molecule has 1 aromatic carbocycles. The van der Waals surface area contributed by atoms with E-state index in [1.54, 1.807) is 6.26 Å². The number of benzene rings is 1. The van der Waals surface area contributed by atoms with Gasteiger partial charge in [0.15, 0.2) is 0 Å². The molecule has 0 fully saturated rings. The topological polar surface area (TPSA) is 52.1 Å². The van der Waals surface area contributed by atoms with Crippen molar-refractivity contribution in [3.8, 4) is 22.8 Å². The molecule has 0 unspecified atom stereocenters. The fraction of sp³-hybridized carbons (Fsp3) is 0. The fourth-order valence-corrected chi connectivity index (χ4v) is 1.52. The first-order valence-electron chi connectivity index (χ1n) is 4.84. The van der Waals surface area contributed by atoms with E-state index >= 15 is 0 Å². The highest BCUT2D eigenvalue weighted by Gasteiger charge is 2.04. The van der Waals surface area contributed by atoms with Gasteiger partial charge in [-0.1, -0.05) is 12.1 Å². The quantitative estimate of drug-likeness (QED) is 0.655. The summed E-state index contributed by atoms with van der Waals surface area (Å²) in [5.74, 6) is 1.36. The molecule has 3 aromatic rings. The van der Waals surface area contributed by atoms with Gasteiger partial charge in [0.1, 0.15) is 5.76 Å². The molecule has 4 nitrogen and oxygen atoms in total. The van der Waals surface area contributed by atoms with Gasteiger partial charge < -0.3 is 8.83 Å². The molecule has 4 heteroatoms. The van der Waals surface area contributed by atoms with E-state index in [1.165, 1.54) is 6.39 Å². The molecule has 0 N–H and O–H groups in total. The fourth-order valence-electron chi connectivity index (χ4n) is 1.52. The Morgan fingerprint density at radius 1 is 0.875 bits per heavy atom. The van der Waals surface area contributed by atoms with Crippen molar-refractivity contribution in [3.05, 3.63) is 49.1 Å². The van der Waals surface area contributed by atoms with E-state index in [1.807, 2.05) is 36.4 Å². The molecule has 16 heavy (non-hydrogen) atoms. The lowest BCUT2D eigenvalue weighted by Gasteiger charge is -1.97. The third kappa shape index (κ3) is 1.50. The SMILES string of the molecule is c1coc(-c2ccc(-c3nnco3)cc2)c1. The van der Waals surface area contributed by atoms with Crippen LogP contribution < -0.4 is 0 Å². The minimum atomic E-state index is 0.519. The summed E-state index contributed by atoms with van der Waals surface area (Å²) in [5.41, 5.74) is 1.92. The summed E-state index contributed by atoms with van der Waals surface area (Å²) >= 11 is 0. The zero-order valence-corrected chi connectivity index (χ0v) is 8.33. The van der Waals surface area contributed by atoms with E-state index in [0.717, 1.165) is 16.9 Å². The second-order valence-electron chi connectivity index (χ2n) is 3.30. The molecule has 0 aliphatic rings. The largest absolute Gasteiger partial charge is 0.464 e. The zero-order chi connectivity index (χ0) is 10.8. The molecule has 0 aliphatic carbocycles. The summed E-state index contributed by atoms with van der Waals surface area (Å²) < 4.78 is 10.4. The van der Waals surface area contributed by atoms with Crippen LogP contribution in [0, 0.1) is 0 Å². The van der Waals surface area contributed by atoms with Crippen LogP contribution in [0.4, 0.5) is 0 Å². The van der Waals surface area contributed by atoms with E-state index in [0.29, 0.717) is 5.89 Å². The van der Waals surface area contributed by atoms with Crippen molar-refractivity contribution in [1.82, 2.24) is 10.2 Å². The predicted molar refractivity (Wildman–Crippen MR) is 57.4 cm³/mol. The Morgan fingerprint density at radius 3 is 2.31 bits per heavy atom. The van der Waals surface area contributed by atoms with Gasteiger partial charge in [-0.2, -0.15) is 0 Å². The number of rotatable bonds is 2. The molecule has 0 saturated carbocycles. The lowest BCUT2D eigenvalue weighted by Crippen LogP contribution is -1.79. The summed E-state index contributed by atoms with van der Waals surface area (Å²) in [6.45, 7) is 0. The number of hydrogen-bond donors (Lipinski definition) is 0. The Balaban J connectivity index is 1.97. The Labute approximate surface area is 91.5 Å². The molecule has 0 saturated heterocycles. The molecule has 3 rings (SSSR count). The summed E-state index contributed by atoms with van der Waals surface area (Å²) in [7, 11) is 0. The lowest BCUT2D eigenvalue weighted by atomic mass is 10.1. The summed E-state index contributed by atoms with van der Waals surface area (Å²) in [5, 5.41) is 7.47. The van der Waals surface area contributed by atoms with Crippen LogP contribution in [-0.2, 0) is 0 Å². The smallest absolute Gasteiger partial charge is 0.247 e. The van der Waals surface area contributed by atoms with Crippen LogP contribution in [-0.4, -0.2) is 10.2 Å². The minimum absolute atomic E-state index is 0.519. The van der Waals surface area contributed by atoms with Gasteiger partial charge in [0.05, 0.1) is 6.26 Å². The van der Waals surface area contributed by atoms with Gasteiger partial charge in [-0.15, -0.1) is 10.2 Å². The van der Waals surface area contributed by atoms with Crippen molar-refractivity contribution < 1.29 is 8.83 Å². The molecule has 0 bridgehead atoms. The van der Waals surface area contributed by atoms with Crippen molar-refractivity contribution in [2.45, 2.75) is 0 Å². The first-order valence-corrected chi connectivity index (χ1v) is 4.84. The van der Waals surface area contributed by atoms with Gasteiger partial charge in [0.25, 0.3) is 0 Å². The molecular formula is C12H8N2O2. The molecule has 0 spiro atoms. The van der Waals surface area contributed by atoms with Crippen molar-refractivity contribution in [3.63, 3.8) is 0 Å². The van der Waals surface area contributed by atoms with Gasteiger partial charge in [-0.05, 0) is 24.3 Å². The molecule has 2 heterocycles. The highest BCUT2D eigenvalue weighted by atomic mass is 16.4. The van der Waals surface area contributed by atoms with Crippen LogP contribution in [0.5, 0.6) is 0 Å². The van der Waals surface area contributed by atoms with Crippen LogP contribution in [0.25, 0.3) is 22.8 Å². The average Bonchev–Trinajstić information content (AvgIpc) is 3.03. The molecule has 78 valence electrons. The van der Waals surface area contributed by atoms with Crippen molar-refractivity contribution in [2.75, 3.05) is 0 Å². The molecule has 0 atom stereocenters.